The van der Waals surface area contributed by atoms with Gasteiger partial charge in [-0.05, 0) is 56.9 Å². The number of H-pyrrole nitrogens is 2. The van der Waals surface area contributed by atoms with Gasteiger partial charge in [0, 0.05) is 23.1 Å². The van der Waals surface area contributed by atoms with Crippen molar-refractivity contribution in [3.63, 3.8) is 0 Å². The lowest BCUT2D eigenvalue weighted by Crippen LogP contribution is -1.88. The first-order valence-electron chi connectivity index (χ1n) is 12.4. The molecule has 0 atom stereocenters. The molecular formula is C31H26N4. The molecule has 0 aliphatic carbocycles. The summed E-state index contributed by atoms with van der Waals surface area (Å²) in [6.45, 7) is 6.47. The number of hydrogen-bond acceptors (Lipinski definition) is 2. The second-order valence-corrected chi connectivity index (χ2v) is 9.77. The molecule has 170 valence electrons. The second-order valence-electron chi connectivity index (χ2n) is 9.77. The maximum Gasteiger partial charge on any atom is 0.109 e. The average Bonchev–Trinajstić information content (AvgIpc) is 3.52. The van der Waals surface area contributed by atoms with E-state index in [-0.39, 0.29) is 0 Å². The second kappa shape index (κ2) is 7.41. The summed E-state index contributed by atoms with van der Waals surface area (Å²) in [5.41, 5.74) is 6.76. The summed E-state index contributed by atoms with van der Waals surface area (Å²) in [7, 11) is 0. The van der Waals surface area contributed by atoms with Crippen LogP contribution in [0.15, 0.2) is 72.8 Å². The average molecular weight is 455 g/mol. The van der Waals surface area contributed by atoms with Gasteiger partial charge < -0.3 is 9.97 Å². The van der Waals surface area contributed by atoms with Crippen molar-refractivity contribution in [3.8, 4) is 11.1 Å². The third kappa shape index (κ3) is 3.06. The van der Waals surface area contributed by atoms with E-state index < -0.39 is 0 Å². The van der Waals surface area contributed by atoms with Crippen LogP contribution < -0.4 is 0 Å². The number of fused-ring (bicyclic) bond motifs is 8. The van der Waals surface area contributed by atoms with E-state index in [0.29, 0.717) is 5.92 Å². The molecule has 0 bridgehead atoms. The zero-order chi connectivity index (χ0) is 23.7. The van der Waals surface area contributed by atoms with Gasteiger partial charge in [0.25, 0.3) is 0 Å². The Balaban J connectivity index is 1.36. The molecule has 7 aromatic rings. The Bertz CT molecular complexity index is 1920. The molecule has 0 fully saturated rings. The Hall–Kier alpha value is -4.18. The molecule has 2 heterocycles. The first-order chi connectivity index (χ1) is 17.1. The number of aromatic nitrogens is 4. The van der Waals surface area contributed by atoms with Crippen LogP contribution in [0.25, 0.3) is 65.5 Å². The number of hydrogen-bond donors (Lipinski definition) is 2. The molecule has 0 saturated carbocycles. The molecule has 35 heavy (non-hydrogen) atoms. The van der Waals surface area contributed by atoms with Crippen molar-refractivity contribution < 1.29 is 0 Å². The summed E-state index contributed by atoms with van der Waals surface area (Å²) in [4.78, 5) is 16.6. The third-order valence-corrected chi connectivity index (χ3v) is 7.22. The molecule has 7 rings (SSSR count). The van der Waals surface area contributed by atoms with E-state index in [4.69, 9.17) is 9.97 Å². The minimum absolute atomic E-state index is 0.375. The van der Waals surface area contributed by atoms with E-state index >= 15 is 0 Å². The van der Waals surface area contributed by atoms with E-state index in [0.717, 1.165) is 40.1 Å². The van der Waals surface area contributed by atoms with Gasteiger partial charge in [0.15, 0.2) is 0 Å². The van der Waals surface area contributed by atoms with Crippen LogP contribution in [0.1, 0.15) is 38.3 Å². The van der Waals surface area contributed by atoms with Gasteiger partial charge >= 0.3 is 0 Å². The van der Waals surface area contributed by atoms with Gasteiger partial charge in [-0.2, -0.15) is 0 Å². The highest BCUT2D eigenvalue weighted by atomic mass is 14.9. The Morgan fingerprint density at radius 2 is 1.23 bits per heavy atom. The van der Waals surface area contributed by atoms with Gasteiger partial charge in [-0.1, -0.05) is 69.3 Å². The molecule has 4 heteroatoms. The smallest absolute Gasteiger partial charge is 0.109 e. The van der Waals surface area contributed by atoms with Gasteiger partial charge in [0.05, 0.1) is 22.1 Å². The lowest BCUT2D eigenvalue weighted by molar-refractivity contribution is 0.799. The highest BCUT2D eigenvalue weighted by Gasteiger charge is 2.12. The largest absolute Gasteiger partial charge is 0.342 e. The topological polar surface area (TPSA) is 57.4 Å². The van der Waals surface area contributed by atoms with Gasteiger partial charge in [-0.25, -0.2) is 9.97 Å². The number of nitrogens with one attached hydrogen (secondary N) is 2. The minimum Gasteiger partial charge on any atom is -0.342 e. The SMILES string of the molecule is CCc1nc2c(ccc3cc(-c4ccc5c(ccc6c5ccc5[nH]c(C(C)C)nc56)c4)ccc32)[nH]1. The first kappa shape index (κ1) is 20.2. The quantitative estimate of drug-likeness (QED) is 0.264. The molecule has 0 spiro atoms. The van der Waals surface area contributed by atoms with Crippen molar-refractivity contribution in [2.75, 3.05) is 0 Å². The van der Waals surface area contributed by atoms with Crippen molar-refractivity contribution in [1.29, 1.82) is 0 Å². The van der Waals surface area contributed by atoms with Crippen LogP contribution in [0.4, 0.5) is 0 Å². The van der Waals surface area contributed by atoms with Crippen LogP contribution in [0.2, 0.25) is 0 Å². The molecular weight excluding hydrogens is 428 g/mol. The molecule has 0 unspecified atom stereocenters. The molecule has 0 aliphatic heterocycles. The van der Waals surface area contributed by atoms with Crippen molar-refractivity contribution in [1.82, 2.24) is 19.9 Å². The molecule has 0 radical (unpaired) electrons. The number of aromatic amines is 2. The standard InChI is InChI=1S/C31H26N4/c1-4-28-32-26-13-8-21-16-19(6-10-23(21)29(26)34-28)18-5-9-22-20(15-18)7-11-25-24(22)12-14-27-30(25)35-31(33-27)17(2)3/h5-17H,4H2,1-3H3,(H,32,34)(H,33,35). The van der Waals surface area contributed by atoms with E-state index in [1.807, 2.05) is 0 Å². The van der Waals surface area contributed by atoms with Crippen molar-refractivity contribution in [3.05, 3.63) is 84.4 Å². The number of aryl methyl sites for hydroxylation is 1. The monoisotopic (exact) mass is 454 g/mol. The molecule has 2 N–H and O–H groups in total. The Morgan fingerprint density at radius 1 is 0.629 bits per heavy atom. The third-order valence-electron chi connectivity index (χ3n) is 7.22. The van der Waals surface area contributed by atoms with E-state index in [1.165, 1.54) is 43.4 Å². The van der Waals surface area contributed by atoms with Crippen LogP contribution in [0.3, 0.4) is 0 Å². The van der Waals surface area contributed by atoms with Gasteiger partial charge in [0.2, 0.25) is 0 Å². The summed E-state index contributed by atoms with van der Waals surface area (Å²) < 4.78 is 0. The molecule has 4 nitrogen and oxygen atoms in total. The van der Waals surface area contributed by atoms with E-state index in [1.54, 1.807) is 0 Å². The summed E-state index contributed by atoms with van der Waals surface area (Å²) in [5, 5.41) is 7.35. The lowest BCUT2D eigenvalue weighted by Gasteiger charge is -2.09. The highest BCUT2D eigenvalue weighted by Crippen LogP contribution is 2.35. The maximum absolute atomic E-state index is 4.91. The summed E-state index contributed by atoms with van der Waals surface area (Å²) in [6, 6.07) is 26.6. The molecule has 0 aliphatic rings. The van der Waals surface area contributed by atoms with Crippen LogP contribution >= 0.6 is 0 Å². The van der Waals surface area contributed by atoms with Crippen molar-refractivity contribution in [2.24, 2.45) is 0 Å². The highest BCUT2D eigenvalue weighted by molar-refractivity contribution is 6.16. The number of rotatable bonds is 3. The van der Waals surface area contributed by atoms with Crippen LogP contribution in [0.5, 0.6) is 0 Å². The van der Waals surface area contributed by atoms with Crippen molar-refractivity contribution in [2.45, 2.75) is 33.1 Å². The van der Waals surface area contributed by atoms with E-state index in [9.17, 15) is 0 Å². The minimum atomic E-state index is 0.375. The Kier molecular flexibility index (Phi) is 4.28. The fourth-order valence-corrected chi connectivity index (χ4v) is 5.29. The Labute approximate surface area is 203 Å². The predicted molar refractivity (Wildman–Crippen MR) is 147 cm³/mol. The number of benzene rings is 5. The normalized spacial score (nSPS) is 12.2. The lowest BCUT2D eigenvalue weighted by atomic mass is 9.95. The van der Waals surface area contributed by atoms with Gasteiger partial charge in [-0.15, -0.1) is 0 Å². The fourth-order valence-electron chi connectivity index (χ4n) is 5.29. The van der Waals surface area contributed by atoms with Gasteiger partial charge in [-0.3, -0.25) is 0 Å². The van der Waals surface area contributed by atoms with Gasteiger partial charge in [0.1, 0.15) is 11.6 Å². The maximum atomic E-state index is 4.91. The number of imidazole rings is 2. The first-order valence-corrected chi connectivity index (χ1v) is 12.4. The summed E-state index contributed by atoms with van der Waals surface area (Å²) in [5.74, 6) is 2.45. The fraction of sp³-hybridized carbons (Fsp3) is 0.161. The zero-order valence-corrected chi connectivity index (χ0v) is 20.1. The molecule has 0 amide bonds. The molecule has 2 aromatic heterocycles. The number of nitrogens with zero attached hydrogens (tertiary/aromatic N) is 2. The predicted octanol–water partition coefficient (Wildman–Crippen LogP) is 8.25. The van der Waals surface area contributed by atoms with Crippen LogP contribution in [-0.2, 0) is 6.42 Å². The Morgan fingerprint density at radius 3 is 2.00 bits per heavy atom. The molecule has 5 aromatic carbocycles. The zero-order valence-electron chi connectivity index (χ0n) is 20.1. The van der Waals surface area contributed by atoms with E-state index in [2.05, 4.69) is 104 Å². The van der Waals surface area contributed by atoms with Crippen LogP contribution in [-0.4, -0.2) is 19.9 Å². The summed E-state index contributed by atoms with van der Waals surface area (Å²) >= 11 is 0. The van der Waals surface area contributed by atoms with Crippen LogP contribution in [0, 0.1) is 0 Å². The molecule has 0 saturated heterocycles. The summed E-state index contributed by atoms with van der Waals surface area (Å²) in [6.07, 6.45) is 0.907. The van der Waals surface area contributed by atoms with Crippen molar-refractivity contribution >= 4 is 54.4 Å².